The molecule has 0 N–H and O–H groups in total. The zero-order chi connectivity index (χ0) is 32.8. The summed E-state index contributed by atoms with van der Waals surface area (Å²) in [5.41, 5.74) is 2.62. The van der Waals surface area contributed by atoms with E-state index in [1.54, 1.807) is 36.4 Å². The van der Waals surface area contributed by atoms with Crippen molar-refractivity contribution in [1.82, 2.24) is 4.90 Å². The number of cyclic esters (lactones) is 1. The van der Waals surface area contributed by atoms with Crippen molar-refractivity contribution in [3.63, 3.8) is 0 Å². The molecular weight excluding hydrogens is 600 g/mol. The number of hydrogen-bond donors (Lipinski definition) is 0. The number of aryl methyl sites for hydroxylation is 1. The maximum absolute atomic E-state index is 14.0. The minimum Gasteiger partial charge on any atom is -0.496 e. The predicted octanol–water partition coefficient (Wildman–Crippen LogP) is 9.06. The smallest absolute Gasteiger partial charge is 0.416 e. The standard InChI is InChI=1S/C34H27F6NO4/c1-17-11-20(19(3)42)5-8-25(17)21-6-10-30(44-4)27(13-21)26-9-7-24(34(38,39)40)12-23(26)16-41-18(2)32(45-33(41)43)22-14-28(35)31(37)29(36)15-22/h5-15,18,32H,16H2,1-4H3/t18-,32-/m0/s1. The van der Waals surface area contributed by atoms with Crippen LogP contribution in [-0.2, 0) is 17.5 Å². The van der Waals surface area contributed by atoms with E-state index in [0.29, 0.717) is 40.1 Å². The van der Waals surface area contributed by atoms with Crippen LogP contribution in [0.5, 0.6) is 5.75 Å². The summed E-state index contributed by atoms with van der Waals surface area (Å²) in [5.74, 6) is -4.36. The molecule has 1 aliphatic heterocycles. The topological polar surface area (TPSA) is 55.8 Å². The number of rotatable bonds is 7. The molecule has 4 aromatic rings. The van der Waals surface area contributed by atoms with Crippen LogP contribution in [0.3, 0.4) is 0 Å². The number of benzene rings is 4. The molecule has 0 radical (unpaired) electrons. The van der Waals surface area contributed by atoms with E-state index in [-0.39, 0.29) is 23.5 Å². The molecule has 0 aliphatic carbocycles. The number of alkyl halides is 3. The van der Waals surface area contributed by atoms with E-state index in [0.717, 1.165) is 28.2 Å². The summed E-state index contributed by atoms with van der Waals surface area (Å²) in [5, 5.41) is 0. The van der Waals surface area contributed by atoms with E-state index < -0.39 is 47.4 Å². The Hall–Kier alpha value is -4.80. The number of ketones is 1. The van der Waals surface area contributed by atoms with Crippen LogP contribution in [0.25, 0.3) is 22.3 Å². The van der Waals surface area contributed by atoms with Crippen LogP contribution in [0.15, 0.2) is 66.7 Å². The lowest BCUT2D eigenvalue weighted by Gasteiger charge is -2.24. The SMILES string of the molecule is COc1ccc(-c2ccc(C(C)=O)cc2C)cc1-c1ccc(C(F)(F)F)cc1CN1C(=O)O[C@H](c2cc(F)c(F)c(F)c2)[C@@H]1C. The minimum atomic E-state index is -4.70. The lowest BCUT2D eigenvalue weighted by Crippen LogP contribution is -2.31. The summed E-state index contributed by atoms with van der Waals surface area (Å²) in [7, 11) is 1.42. The maximum atomic E-state index is 14.0. The van der Waals surface area contributed by atoms with Gasteiger partial charge in [0.05, 0.1) is 25.3 Å². The molecule has 1 amide bonds. The van der Waals surface area contributed by atoms with Gasteiger partial charge in [-0.25, -0.2) is 18.0 Å². The summed E-state index contributed by atoms with van der Waals surface area (Å²) in [6, 6.07) is 14.1. The largest absolute Gasteiger partial charge is 0.496 e. The zero-order valence-electron chi connectivity index (χ0n) is 24.6. The van der Waals surface area contributed by atoms with Crippen molar-refractivity contribution in [3.8, 4) is 28.0 Å². The second kappa shape index (κ2) is 11.9. The van der Waals surface area contributed by atoms with Gasteiger partial charge in [0.15, 0.2) is 23.2 Å². The number of Topliss-reactive ketones (excluding diaryl/α,β-unsaturated/α-hetero) is 1. The molecule has 1 aliphatic rings. The number of amides is 1. The van der Waals surface area contributed by atoms with E-state index in [4.69, 9.17) is 9.47 Å². The molecule has 0 spiro atoms. The van der Waals surface area contributed by atoms with Crippen molar-refractivity contribution in [2.45, 2.75) is 45.6 Å². The van der Waals surface area contributed by atoms with Gasteiger partial charge >= 0.3 is 12.3 Å². The van der Waals surface area contributed by atoms with E-state index in [2.05, 4.69) is 0 Å². The molecule has 0 bridgehead atoms. The Morgan fingerprint density at radius 2 is 1.58 bits per heavy atom. The van der Waals surface area contributed by atoms with Crippen LogP contribution in [0, 0.1) is 24.4 Å². The highest BCUT2D eigenvalue weighted by Crippen LogP contribution is 2.42. The van der Waals surface area contributed by atoms with Gasteiger partial charge in [-0.15, -0.1) is 0 Å². The highest BCUT2D eigenvalue weighted by Gasteiger charge is 2.41. The number of hydrogen-bond acceptors (Lipinski definition) is 4. The second-order valence-electron chi connectivity index (χ2n) is 10.8. The summed E-state index contributed by atoms with van der Waals surface area (Å²) in [4.78, 5) is 26.0. The zero-order valence-corrected chi connectivity index (χ0v) is 24.6. The van der Waals surface area contributed by atoms with Gasteiger partial charge in [0.25, 0.3) is 0 Å². The first-order chi connectivity index (χ1) is 21.2. The summed E-state index contributed by atoms with van der Waals surface area (Å²) < 4.78 is 94.0. The van der Waals surface area contributed by atoms with Gasteiger partial charge in [0, 0.05) is 16.7 Å². The van der Waals surface area contributed by atoms with Gasteiger partial charge in [-0.3, -0.25) is 9.69 Å². The summed E-state index contributed by atoms with van der Waals surface area (Å²) in [6.07, 6.45) is -6.84. The Morgan fingerprint density at radius 1 is 0.911 bits per heavy atom. The molecule has 0 unspecified atom stereocenters. The number of nitrogens with zero attached hydrogens (tertiary/aromatic N) is 1. The van der Waals surface area contributed by atoms with Gasteiger partial charge in [-0.2, -0.15) is 13.2 Å². The highest BCUT2D eigenvalue weighted by molar-refractivity contribution is 5.95. The van der Waals surface area contributed by atoms with Gasteiger partial charge in [0.1, 0.15) is 11.9 Å². The number of carbonyl (C=O) groups is 2. The van der Waals surface area contributed by atoms with Crippen molar-refractivity contribution in [1.29, 1.82) is 0 Å². The lowest BCUT2D eigenvalue weighted by molar-refractivity contribution is -0.137. The van der Waals surface area contributed by atoms with Gasteiger partial charge in [0.2, 0.25) is 0 Å². The van der Waals surface area contributed by atoms with Crippen LogP contribution in [-0.4, -0.2) is 29.9 Å². The van der Waals surface area contributed by atoms with E-state index in [9.17, 15) is 35.9 Å². The fourth-order valence-electron chi connectivity index (χ4n) is 5.54. The molecule has 1 heterocycles. The molecule has 0 saturated carbocycles. The van der Waals surface area contributed by atoms with E-state index in [1.165, 1.54) is 27.0 Å². The molecule has 11 heteroatoms. The molecule has 45 heavy (non-hydrogen) atoms. The molecule has 2 atom stereocenters. The van der Waals surface area contributed by atoms with E-state index >= 15 is 0 Å². The molecule has 4 aromatic carbocycles. The number of ether oxygens (including phenoxy) is 2. The van der Waals surface area contributed by atoms with Gasteiger partial charge < -0.3 is 9.47 Å². The average Bonchev–Trinajstić information content (AvgIpc) is 3.27. The first-order valence-corrected chi connectivity index (χ1v) is 13.8. The first-order valence-electron chi connectivity index (χ1n) is 13.8. The monoisotopic (exact) mass is 627 g/mol. The second-order valence-corrected chi connectivity index (χ2v) is 10.8. The Kier molecular flexibility index (Phi) is 8.39. The molecule has 1 fully saturated rings. The first kappa shape index (κ1) is 31.6. The van der Waals surface area contributed by atoms with Crippen molar-refractivity contribution >= 4 is 11.9 Å². The summed E-state index contributed by atoms with van der Waals surface area (Å²) in [6.45, 7) is 4.45. The van der Waals surface area contributed by atoms with Crippen molar-refractivity contribution in [2.24, 2.45) is 0 Å². The molecular formula is C34H27F6NO4. The Bertz CT molecular complexity index is 1800. The van der Waals surface area contributed by atoms with Crippen LogP contribution in [0.1, 0.15) is 52.6 Å². The van der Waals surface area contributed by atoms with E-state index in [1.807, 2.05) is 6.92 Å². The third-order valence-corrected chi connectivity index (χ3v) is 7.93. The molecule has 0 aromatic heterocycles. The Labute approximate surface area is 255 Å². The molecule has 1 saturated heterocycles. The van der Waals surface area contributed by atoms with Gasteiger partial charge in [-0.05, 0) is 91.1 Å². The Balaban J connectivity index is 1.59. The third-order valence-electron chi connectivity index (χ3n) is 7.93. The fourth-order valence-corrected chi connectivity index (χ4v) is 5.54. The van der Waals surface area contributed by atoms with Crippen molar-refractivity contribution in [3.05, 3.63) is 112 Å². The van der Waals surface area contributed by atoms with Crippen LogP contribution >= 0.6 is 0 Å². The molecule has 5 rings (SSSR count). The summed E-state index contributed by atoms with van der Waals surface area (Å²) >= 11 is 0. The van der Waals surface area contributed by atoms with Crippen LogP contribution in [0.2, 0.25) is 0 Å². The van der Waals surface area contributed by atoms with Gasteiger partial charge in [-0.1, -0.05) is 24.3 Å². The minimum absolute atomic E-state index is 0.0962. The van der Waals surface area contributed by atoms with Crippen LogP contribution < -0.4 is 4.74 Å². The van der Waals surface area contributed by atoms with Crippen molar-refractivity contribution in [2.75, 3.05) is 7.11 Å². The number of carbonyl (C=O) groups excluding carboxylic acids is 2. The highest BCUT2D eigenvalue weighted by atomic mass is 19.4. The molecule has 234 valence electrons. The predicted molar refractivity (Wildman–Crippen MR) is 154 cm³/mol. The number of halogens is 6. The number of methoxy groups -OCH3 is 1. The third kappa shape index (κ3) is 6.11. The molecule has 5 nitrogen and oxygen atoms in total. The van der Waals surface area contributed by atoms with Crippen molar-refractivity contribution < 1.29 is 45.4 Å². The maximum Gasteiger partial charge on any atom is 0.416 e. The Morgan fingerprint density at radius 3 is 2.18 bits per heavy atom. The quantitative estimate of drug-likeness (QED) is 0.117. The normalized spacial score (nSPS) is 16.6. The van der Waals surface area contributed by atoms with Crippen LogP contribution in [0.4, 0.5) is 31.1 Å². The fraction of sp³-hybridized carbons (Fsp3) is 0.235. The lowest BCUT2D eigenvalue weighted by atomic mass is 9.91. The average molecular weight is 628 g/mol.